The Balaban J connectivity index is 2.64. The maximum atomic E-state index is 12.5. The van der Waals surface area contributed by atoms with Gasteiger partial charge >= 0.3 is 0 Å². The minimum Gasteiger partial charge on any atom is -0.355 e. The van der Waals surface area contributed by atoms with E-state index in [4.69, 9.17) is 5.73 Å². The van der Waals surface area contributed by atoms with Crippen molar-refractivity contribution in [3.05, 3.63) is 0 Å². The highest BCUT2D eigenvalue weighted by molar-refractivity contribution is 5.86. The van der Waals surface area contributed by atoms with Gasteiger partial charge in [-0.25, -0.2) is 0 Å². The number of nitrogens with two attached hydrogens (primary N) is 1. The Hall–Kier alpha value is -1.10. The summed E-state index contributed by atoms with van der Waals surface area (Å²) in [5, 5.41) is 2.72. The zero-order valence-electron chi connectivity index (χ0n) is 12.3. The highest BCUT2D eigenvalue weighted by Gasteiger charge is 2.35. The molecule has 3 atom stereocenters. The Morgan fingerprint density at radius 2 is 2.00 bits per heavy atom. The monoisotopic (exact) mass is 269 g/mol. The van der Waals surface area contributed by atoms with Crippen molar-refractivity contribution in [2.75, 3.05) is 19.6 Å². The van der Waals surface area contributed by atoms with Gasteiger partial charge in [-0.2, -0.15) is 0 Å². The van der Waals surface area contributed by atoms with Crippen LogP contribution in [-0.2, 0) is 9.59 Å². The lowest BCUT2D eigenvalue weighted by Crippen LogP contribution is -2.50. The van der Waals surface area contributed by atoms with Gasteiger partial charge in [-0.3, -0.25) is 9.59 Å². The van der Waals surface area contributed by atoms with Crippen LogP contribution in [0.2, 0.25) is 0 Å². The van der Waals surface area contributed by atoms with Crippen molar-refractivity contribution in [3.8, 4) is 0 Å². The molecule has 0 bridgehead atoms. The topological polar surface area (TPSA) is 75.4 Å². The maximum Gasteiger partial charge on any atom is 0.239 e. The van der Waals surface area contributed by atoms with Crippen LogP contribution < -0.4 is 11.1 Å². The fourth-order valence-corrected chi connectivity index (χ4v) is 2.74. The lowest BCUT2D eigenvalue weighted by molar-refractivity contribution is -0.141. The lowest BCUT2D eigenvalue weighted by atomic mass is 9.77. The number of likely N-dealkylation sites (N-methyl/N-ethyl adjacent to an activating group) is 2. The summed E-state index contributed by atoms with van der Waals surface area (Å²) in [7, 11) is 0. The summed E-state index contributed by atoms with van der Waals surface area (Å²) < 4.78 is 0. The van der Waals surface area contributed by atoms with E-state index in [1.165, 1.54) is 0 Å². The second kappa shape index (κ2) is 7.48. The predicted octanol–water partition coefficient (Wildman–Crippen LogP) is 0.734. The van der Waals surface area contributed by atoms with Gasteiger partial charge < -0.3 is 16.0 Å². The number of carbonyl (C=O) groups excluding carboxylic acids is 2. The summed E-state index contributed by atoms with van der Waals surface area (Å²) in [4.78, 5) is 25.7. The van der Waals surface area contributed by atoms with E-state index in [-0.39, 0.29) is 30.3 Å². The summed E-state index contributed by atoms with van der Waals surface area (Å²) in [6.45, 7) is 7.15. The minimum atomic E-state index is -0.127. The third-order valence-corrected chi connectivity index (χ3v) is 4.02. The second-order valence-electron chi connectivity index (χ2n) is 5.40. The molecule has 2 amide bonds. The lowest BCUT2D eigenvalue weighted by Gasteiger charge is -2.35. The first-order valence-electron chi connectivity index (χ1n) is 7.32. The number of nitrogens with one attached hydrogen (secondary N) is 1. The first-order valence-corrected chi connectivity index (χ1v) is 7.32. The van der Waals surface area contributed by atoms with Crippen LogP contribution in [0.25, 0.3) is 0 Å². The molecule has 5 nitrogen and oxygen atoms in total. The fraction of sp³-hybridized carbons (Fsp3) is 0.857. The molecule has 3 unspecified atom stereocenters. The van der Waals surface area contributed by atoms with Crippen LogP contribution in [-0.4, -0.2) is 42.4 Å². The Morgan fingerprint density at radius 1 is 1.32 bits per heavy atom. The molecular weight excluding hydrogens is 242 g/mol. The zero-order valence-corrected chi connectivity index (χ0v) is 12.3. The van der Waals surface area contributed by atoms with E-state index in [1.807, 2.05) is 13.8 Å². The third kappa shape index (κ3) is 4.20. The number of hydrogen-bond acceptors (Lipinski definition) is 3. The summed E-state index contributed by atoms with van der Waals surface area (Å²) in [5.74, 6) is 0.187. The summed E-state index contributed by atoms with van der Waals surface area (Å²) in [6.07, 6.45) is 2.98. The quantitative estimate of drug-likeness (QED) is 0.773. The Labute approximate surface area is 115 Å². The molecule has 0 spiro atoms. The highest BCUT2D eigenvalue weighted by Crippen LogP contribution is 2.29. The first kappa shape index (κ1) is 16.0. The molecule has 0 aromatic rings. The first-order chi connectivity index (χ1) is 9.01. The van der Waals surface area contributed by atoms with Crippen LogP contribution in [0, 0.1) is 11.8 Å². The molecule has 1 saturated carbocycles. The van der Waals surface area contributed by atoms with Gasteiger partial charge in [0.15, 0.2) is 0 Å². The average Bonchev–Trinajstić information content (AvgIpc) is 2.39. The zero-order chi connectivity index (χ0) is 14.4. The van der Waals surface area contributed by atoms with Gasteiger partial charge in [0.05, 0.1) is 12.5 Å². The smallest absolute Gasteiger partial charge is 0.239 e. The number of amides is 2. The highest BCUT2D eigenvalue weighted by atomic mass is 16.2. The SMILES string of the molecule is CCNC(=O)CN(CC)C(=O)C1CCCC(C)C1N. The van der Waals surface area contributed by atoms with Crippen molar-refractivity contribution < 1.29 is 9.59 Å². The van der Waals surface area contributed by atoms with Crippen LogP contribution in [0.5, 0.6) is 0 Å². The number of nitrogens with zero attached hydrogens (tertiary/aromatic N) is 1. The van der Waals surface area contributed by atoms with Gasteiger partial charge in [-0.1, -0.05) is 13.3 Å². The molecule has 19 heavy (non-hydrogen) atoms. The van der Waals surface area contributed by atoms with E-state index in [9.17, 15) is 9.59 Å². The van der Waals surface area contributed by atoms with Crippen molar-refractivity contribution in [1.29, 1.82) is 0 Å². The molecule has 3 N–H and O–H groups in total. The molecule has 0 saturated heterocycles. The van der Waals surface area contributed by atoms with Gasteiger partial charge in [-0.15, -0.1) is 0 Å². The molecule has 1 aliphatic carbocycles. The second-order valence-corrected chi connectivity index (χ2v) is 5.40. The summed E-state index contributed by atoms with van der Waals surface area (Å²) in [6, 6.07) is -0.0791. The van der Waals surface area contributed by atoms with Crippen LogP contribution >= 0.6 is 0 Å². The van der Waals surface area contributed by atoms with E-state index in [2.05, 4.69) is 12.2 Å². The van der Waals surface area contributed by atoms with Gasteiger partial charge in [0, 0.05) is 19.1 Å². The molecule has 0 heterocycles. The van der Waals surface area contributed by atoms with Gasteiger partial charge in [-0.05, 0) is 32.6 Å². The fourth-order valence-electron chi connectivity index (χ4n) is 2.74. The molecule has 1 aliphatic rings. The normalized spacial score (nSPS) is 26.8. The van der Waals surface area contributed by atoms with E-state index >= 15 is 0 Å². The average molecular weight is 269 g/mol. The molecule has 5 heteroatoms. The standard InChI is InChI=1S/C14H27N3O2/c1-4-16-12(18)9-17(5-2)14(19)11-8-6-7-10(3)13(11)15/h10-11,13H,4-9,15H2,1-3H3,(H,16,18). The van der Waals surface area contributed by atoms with Gasteiger partial charge in [0.25, 0.3) is 0 Å². The number of hydrogen-bond donors (Lipinski definition) is 2. The molecule has 0 aromatic heterocycles. The van der Waals surface area contributed by atoms with Crippen molar-refractivity contribution >= 4 is 11.8 Å². The molecule has 0 aliphatic heterocycles. The van der Waals surface area contributed by atoms with E-state index < -0.39 is 0 Å². The van der Waals surface area contributed by atoms with Crippen molar-refractivity contribution in [3.63, 3.8) is 0 Å². The number of carbonyl (C=O) groups is 2. The van der Waals surface area contributed by atoms with Crippen molar-refractivity contribution in [2.45, 2.75) is 46.1 Å². The van der Waals surface area contributed by atoms with Gasteiger partial charge in [0.2, 0.25) is 11.8 Å². The molecule has 0 aromatic carbocycles. The van der Waals surface area contributed by atoms with Crippen molar-refractivity contribution in [2.24, 2.45) is 17.6 Å². The molecular formula is C14H27N3O2. The Morgan fingerprint density at radius 3 is 2.58 bits per heavy atom. The summed E-state index contributed by atoms with van der Waals surface area (Å²) in [5.41, 5.74) is 6.16. The summed E-state index contributed by atoms with van der Waals surface area (Å²) >= 11 is 0. The predicted molar refractivity (Wildman–Crippen MR) is 75.4 cm³/mol. The Bertz CT molecular complexity index is 320. The van der Waals surface area contributed by atoms with Crippen LogP contribution in [0.3, 0.4) is 0 Å². The van der Waals surface area contributed by atoms with Crippen LogP contribution in [0.15, 0.2) is 0 Å². The molecule has 0 radical (unpaired) electrons. The minimum absolute atomic E-state index is 0.0350. The van der Waals surface area contributed by atoms with E-state index in [0.29, 0.717) is 19.0 Å². The molecule has 1 fully saturated rings. The maximum absolute atomic E-state index is 12.5. The Kier molecular flexibility index (Phi) is 6.28. The van der Waals surface area contributed by atoms with E-state index in [1.54, 1.807) is 4.90 Å². The van der Waals surface area contributed by atoms with Crippen LogP contribution in [0.1, 0.15) is 40.0 Å². The van der Waals surface area contributed by atoms with Gasteiger partial charge in [0.1, 0.15) is 0 Å². The van der Waals surface area contributed by atoms with E-state index in [0.717, 1.165) is 19.3 Å². The number of rotatable bonds is 5. The third-order valence-electron chi connectivity index (χ3n) is 4.02. The van der Waals surface area contributed by atoms with Crippen LogP contribution in [0.4, 0.5) is 0 Å². The molecule has 110 valence electrons. The largest absolute Gasteiger partial charge is 0.355 e. The van der Waals surface area contributed by atoms with Crippen molar-refractivity contribution in [1.82, 2.24) is 10.2 Å². The molecule has 1 rings (SSSR count).